The number of carbonyl (C=O) groups excluding carboxylic acids is 1. The second-order valence-corrected chi connectivity index (χ2v) is 4.54. The number of carboxylic acid groups (broad SMARTS) is 1. The quantitative estimate of drug-likeness (QED) is 0.810. The maximum atomic E-state index is 12.8. The number of aliphatic carboxylic acids is 1. The van der Waals surface area contributed by atoms with E-state index in [-0.39, 0.29) is 23.8 Å². The van der Waals surface area contributed by atoms with Crippen LogP contribution >= 0.6 is 11.6 Å². The number of hydrogen-bond acceptors (Lipinski definition) is 3. The highest BCUT2D eigenvalue weighted by Crippen LogP contribution is 2.24. The van der Waals surface area contributed by atoms with Crippen LogP contribution in [0.15, 0.2) is 18.2 Å². The molecule has 1 aromatic carbocycles. The minimum Gasteiger partial charge on any atom is -0.482 e. The average Bonchev–Trinajstić information content (AvgIpc) is 2.36. The van der Waals surface area contributed by atoms with Crippen LogP contribution in [0.25, 0.3) is 0 Å². The molecule has 0 saturated heterocycles. The van der Waals surface area contributed by atoms with Crippen molar-refractivity contribution in [1.82, 2.24) is 5.32 Å². The van der Waals surface area contributed by atoms with Crippen LogP contribution in [-0.4, -0.2) is 29.6 Å². The lowest BCUT2D eigenvalue weighted by atomic mass is 10.1. The second-order valence-electron chi connectivity index (χ2n) is 4.13. The summed E-state index contributed by atoms with van der Waals surface area (Å²) < 4.78 is 18.0. The largest absolute Gasteiger partial charge is 0.482 e. The third-order valence-corrected chi connectivity index (χ3v) is 2.83. The first-order valence-electron chi connectivity index (χ1n) is 6.01. The van der Waals surface area contributed by atoms with E-state index in [1.807, 2.05) is 0 Å². The molecule has 110 valence electrons. The first kappa shape index (κ1) is 16.2. The Balaban J connectivity index is 2.48. The van der Waals surface area contributed by atoms with E-state index in [1.165, 1.54) is 12.1 Å². The maximum absolute atomic E-state index is 12.8. The highest BCUT2D eigenvalue weighted by molar-refractivity contribution is 6.32. The Kier molecular flexibility index (Phi) is 6.24. The summed E-state index contributed by atoms with van der Waals surface area (Å²) in [6.45, 7) is 1.45. The lowest BCUT2D eigenvalue weighted by Crippen LogP contribution is -2.38. The van der Waals surface area contributed by atoms with E-state index in [4.69, 9.17) is 21.4 Å². The number of nitrogens with one attached hydrogen (secondary N) is 1. The Morgan fingerprint density at radius 3 is 2.75 bits per heavy atom. The second kappa shape index (κ2) is 7.69. The summed E-state index contributed by atoms with van der Waals surface area (Å²) in [4.78, 5) is 22.2. The van der Waals surface area contributed by atoms with Gasteiger partial charge in [0.1, 0.15) is 11.6 Å². The van der Waals surface area contributed by atoms with Gasteiger partial charge in [0.2, 0.25) is 0 Å². The molecule has 1 rings (SSSR count). The summed E-state index contributed by atoms with van der Waals surface area (Å²) in [6, 6.07) is 3.11. The smallest absolute Gasteiger partial charge is 0.305 e. The number of amides is 1. The molecule has 5 nitrogen and oxygen atoms in total. The Bertz CT molecular complexity index is 495. The van der Waals surface area contributed by atoms with E-state index in [2.05, 4.69) is 5.32 Å². The van der Waals surface area contributed by atoms with Crippen LogP contribution in [0, 0.1) is 5.82 Å². The topological polar surface area (TPSA) is 75.6 Å². The molecule has 0 aliphatic carbocycles. The molecule has 2 N–H and O–H groups in total. The van der Waals surface area contributed by atoms with Crippen LogP contribution in [0.4, 0.5) is 4.39 Å². The minimum absolute atomic E-state index is 0.0652. The van der Waals surface area contributed by atoms with Gasteiger partial charge in [0.05, 0.1) is 11.4 Å². The molecule has 0 spiro atoms. The zero-order chi connectivity index (χ0) is 15.1. The van der Waals surface area contributed by atoms with Crippen LogP contribution in [0.2, 0.25) is 5.02 Å². The van der Waals surface area contributed by atoms with E-state index in [1.54, 1.807) is 6.92 Å². The van der Waals surface area contributed by atoms with Gasteiger partial charge in [-0.3, -0.25) is 9.59 Å². The molecule has 0 aromatic heterocycles. The van der Waals surface area contributed by atoms with Crippen molar-refractivity contribution in [2.75, 3.05) is 6.61 Å². The van der Waals surface area contributed by atoms with Gasteiger partial charge < -0.3 is 15.2 Å². The molecule has 20 heavy (non-hydrogen) atoms. The molecule has 0 heterocycles. The van der Waals surface area contributed by atoms with Crippen molar-refractivity contribution < 1.29 is 23.8 Å². The third-order valence-electron chi connectivity index (χ3n) is 2.53. The highest BCUT2D eigenvalue weighted by atomic mass is 35.5. The lowest BCUT2D eigenvalue weighted by molar-refractivity contribution is -0.137. The summed E-state index contributed by atoms with van der Waals surface area (Å²) >= 11 is 5.74. The Morgan fingerprint density at radius 1 is 1.50 bits per heavy atom. The fraction of sp³-hybridized carbons (Fsp3) is 0.385. The number of halogens is 2. The fourth-order valence-corrected chi connectivity index (χ4v) is 1.73. The van der Waals surface area contributed by atoms with Crippen molar-refractivity contribution in [3.8, 4) is 5.75 Å². The maximum Gasteiger partial charge on any atom is 0.305 e. The summed E-state index contributed by atoms with van der Waals surface area (Å²) in [7, 11) is 0. The van der Waals surface area contributed by atoms with Crippen LogP contribution in [0.5, 0.6) is 5.75 Å². The van der Waals surface area contributed by atoms with Gasteiger partial charge in [-0.15, -0.1) is 0 Å². The average molecular weight is 304 g/mol. The monoisotopic (exact) mass is 303 g/mol. The molecule has 1 atom stereocenters. The molecule has 1 unspecified atom stereocenters. The molecule has 0 fully saturated rings. The van der Waals surface area contributed by atoms with E-state index in [9.17, 15) is 14.0 Å². The predicted octanol–water partition coefficient (Wildman–Crippen LogP) is 2.23. The summed E-state index contributed by atoms with van der Waals surface area (Å²) in [5.74, 6) is -1.76. The molecular formula is C13H15ClFNO4. The van der Waals surface area contributed by atoms with Crippen LogP contribution < -0.4 is 10.1 Å². The summed E-state index contributed by atoms with van der Waals surface area (Å²) in [6.07, 6.45) is 0.342. The zero-order valence-electron chi connectivity index (χ0n) is 10.9. The van der Waals surface area contributed by atoms with Crippen LogP contribution in [0.1, 0.15) is 19.8 Å². The van der Waals surface area contributed by atoms with Crippen molar-refractivity contribution in [3.63, 3.8) is 0 Å². The number of carboxylic acids is 1. The van der Waals surface area contributed by atoms with Gasteiger partial charge in [0.15, 0.2) is 6.61 Å². The third kappa shape index (κ3) is 5.44. The Hall–Kier alpha value is -1.82. The standard InChI is InChI=1S/C13H15ClFNO4/c1-2-9(6-13(18)19)16-12(17)7-20-11-4-3-8(15)5-10(11)14/h3-5,9H,2,6-7H2,1H3,(H,16,17)(H,18,19). The molecule has 1 amide bonds. The van der Waals surface area contributed by atoms with Crippen LogP contribution in [0.3, 0.4) is 0 Å². The first-order valence-corrected chi connectivity index (χ1v) is 6.39. The van der Waals surface area contributed by atoms with Crippen molar-refractivity contribution in [2.45, 2.75) is 25.8 Å². The van der Waals surface area contributed by atoms with Gasteiger partial charge >= 0.3 is 5.97 Å². The van der Waals surface area contributed by atoms with E-state index in [0.29, 0.717) is 6.42 Å². The van der Waals surface area contributed by atoms with Crippen molar-refractivity contribution in [2.24, 2.45) is 0 Å². The molecule has 0 radical (unpaired) electrons. The van der Waals surface area contributed by atoms with Crippen molar-refractivity contribution in [1.29, 1.82) is 0 Å². The van der Waals surface area contributed by atoms with E-state index >= 15 is 0 Å². The van der Waals surface area contributed by atoms with Gasteiger partial charge in [0, 0.05) is 6.04 Å². The zero-order valence-corrected chi connectivity index (χ0v) is 11.6. The van der Waals surface area contributed by atoms with Gasteiger partial charge in [-0.05, 0) is 24.6 Å². The molecule has 0 saturated carbocycles. The predicted molar refractivity (Wildman–Crippen MR) is 71.4 cm³/mol. The summed E-state index contributed by atoms with van der Waals surface area (Å²) in [5.41, 5.74) is 0. The molecule has 0 aliphatic rings. The molecule has 0 bridgehead atoms. The highest BCUT2D eigenvalue weighted by Gasteiger charge is 2.14. The molecule has 7 heteroatoms. The minimum atomic E-state index is -0.986. The van der Waals surface area contributed by atoms with Gasteiger partial charge in [0.25, 0.3) is 5.91 Å². The van der Waals surface area contributed by atoms with E-state index in [0.717, 1.165) is 6.07 Å². The Morgan fingerprint density at radius 2 is 2.20 bits per heavy atom. The van der Waals surface area contributed by atoms with Crippen molar-refractivity contribution >= 4 is 23.5 Å². The number of benzene rings is 1. The van der Waals surface area contributed by atoms with E-state index < -0.39 is 23.7 Å². The number of carbonyl (C=O) groups is 2. The lowest BCUT2D eigenvalue weighted by Gasteiger charge is -2.15. The SMILES string of the molecule is CCC(CC(=O)O)NC(=O)COc1ccc(F)cc1Cl. The normalized spacial score (nSPS) is 11.8. The van der Waals surface area contributed by atoms with Gasteiger partial charge in [-0.1, -0.05) is 18.5 Å². The fourth-order valence-electron chi connectivity index (χ4n) is 1.51. The molecular weight excluding hydrogens is 289 g/mol. The van der Waals surface area contributed by atoms with Crippen LogP contribution in [-0.2, 0) is 9.59 Å². The number of hydrogen-bond donors (Lipinski definition) is 2. The van der Waals surface area contributed by atoms with Gasteiger partial charge in [-0.2, -0.15) is 0 Å². The number of ether oxygens (including phenoxy) is 1. The summed E-state index contributed by atoms with van der Waals surface area (Å²) in [5, 5.41) is 11.3. The first-order chi connectivity index (χ1) is 9.42. The molecule has 1 aromatic rings. The molecule has 0 aliphatic heterocycles. The number of rotatable bonds is 7. The Labute approximate surface area is 120 Å². The van der Waals surface area contributed by atoms with Gasteiger partial charge in [-0.25, -0.2) is 4.39 Å². The van der Waals surface area contributed by atoms with Crippen molar-refractivity contribution in [3.05, 3.63) is 29.0 Å².